The van der Waals surface area contributed by atoms with E-state index in [1.165, 1.54) is 38.4 Å². The number of halogens is 3. The van der Waals surface area contributed by atoms with Gasteiger partial charge in [0.25, 0.3) is 5.91 Å². The lowest BCUT2D eigenvalue weighted by molar-refractivity contribution is -0.138. The van der Waals surface area contributed by atoms with E-state index in [0.29, 0.717) is 39.7 Å². The maximum atomic E-state index is 12.7. The van der Waals surface area contributed by atoms with E-state index in [9.17, 15) is 22.8 Å². The van der Waals surface area contributed by atoms with Crippen molar-refractivity contribution in [2.75, 3.05) is 34.9 Å². The molecule has 0 fully saturated rings. The molecule has 1 heterocycles. The van der Waals surface area contributed by atoms with Crippen molar-refractivity contribution in [2.45, 2.75) is 25.6 Å². The van der Waals surface area contributed by atoms with Gasteiger partial charge in [-0.25, -0.2) is 9.80 Å². The Kier molecular flexibility index (Phi) is 7.57. The van der Waals surface area contributed by atoms with Gasteiger partial charge in [-0.1, -0.05) is 12.1 Å². The van der Waals surface area contributed by atoms with Crippen LogP contribution in [0.1, 0.15) is 34.0 Å². The molecule has 0 bridgehead atoms. The van der Waals surface area contributed by atoms with Crippen LogP contribution in [0.25, 0.3) is 0 Å². The molecular formula is C24H27F3N4O4. The van der Waals surface area contributed by atoms with Crippen molar-refractivity contribution in [1.29, 1.82) is 0 Å². The summed E-state index contributed by atoms with van der Waals surface area (Å²) in [7, 11) is 5.64. The first kappa shape index (κ1) is 25.9. The van der Waals surface area contributed by atoms with Gasteiger partial charge in [-0.2, -0.15) is 18.3 Å². The molecule has 188 valence electrons. The predicted octanol–water partition coefficient (Wildman–Crippen LogP) is 3.68. The van der Waals surface area contributed by atoms with Crippen molar-refractivity contribution in [3.05, 3.63) is 58.7 Å². The molecule has 2 aromatic rings. The van der Waals surface area contributed by atoms with E-state index in [2.05, 4.69) is 10.4 Å². The molecule has 1 atom stereocenters. The summed E-state index contributed by atoms with van der Waals surface area (Å²) in [6.07, 6.45) is -4.02. The number of carbonyl (C=O) groups excluding carboxylic acids is 2. The Bertz CT molecular complexity index is 1130. The molecule has 1 aliphatic heterocycles. The maximum Gasteiger partial charge on any atom is 0.406 e. The zero-order valence-corrected chi connectivity index (χ0v) is 20.1. The van der Waals surface area contributed by atoms with Crippen molar-refractivity contribution < 1.29 is 32.2 Å². The third-order valence-electron chi connectivity index (χ3n) is 5.60. The van der Waals surface area contributed by atoms with Crippen LogP contribution in [0.3, 0.4) is 0 Å². The van der Waals surface area contributed by atoms with Gasteiger partial charge in [-0.05, 0) is 43.2 Å². The summed E-state index contributed by atoms with van der Waals surface area (Å²) in [5.41, 5.74) is 2.67. The number of rotatable bonds is 5. The quantitative estimate of drug-likeness (QED) is 0.691. The van der Waals surface area contributed by atoms with Gasteiger partial charge < -0.3 is 19.7 Å². The molecular weight excluding hydrogens is 465 g/mol. The normalized spacial score (nSPS) is 15.5. The molecule has 1 N–H and O–H groups in total. The molecule has 0 aliphatic carbocycles. The summed E-state index contributed by atoms with van der Waals surface area (Å²) in [6, 6.07) is 8.96. The highest BCUT2D eigenvalue weighted by Gasteiger charge is 2.32. The minimum absolute atomic E-state index is 0.0961. The zero-order valence-electron chi connectivity index (χ0n) is 20.1. The van der Waals surface area contributed by atoms with Gasteiger partial charge in [0.2, 0.25) is 0 Å². The van der Waals surface area contributed by atoms with E-state index in [0.717, 1.165) is 12.6 Å². The SMILES string of the molecule is CNC(=O)N1N=C(c2ccc(C(=O)N(C)CC(F)(F)F)cc2)c2cc(OC)c(OC)cc2C[C@H]1C. The number of amides is 3. The highest BCUT2D eigenvalue weighted by atomic mass is 19.4. The second kappa shape index (κ2) is 10.2. The molecule has 0 aromatic heterocycles. The van der Waals surface area contributed by atoms with Crippen LogP contribution in [0.5, 0.6) is 11.5 Å². The fourth-order valence-corrected chi connectivity index (χ4v) is 3.88. The van der Waals surface area contributed by atoms with Crippen molar-refractivity contribution in [2.24, 2.45) is 5.10 Å². The number of methoxy groups -OCH3 is 2. The number of nitrogens with one attached hydrogen (secondary N) is 1. The molecule has 1 aliphatic rings. The highest BCUT2D eigenvalue weighted by molar-refractivity contribution is 6.15. The topological polar surface area (TPSA) is 83.5 Å². The number of fused-ring (bicyclic) bond motifs is 1. The minimum atomic E-state index is -4.50. The Hall–Kier alpha value is -3.76. The smallest absolute Gasteiger partial charge is 0.406 e. The number of hydrogen-bond donors (Lipinski definition) is 1. The van der Waals surface area contributed by atoms with E-state index in [1.54, 1.807) is 18.2 Å². The molecule has 35 heavy (non-hydrogen) atoms. The van der Waals surface area contributed by atoms with Gasteiger partial charge in [-0.15, -0.1) is 0 Å². The second-order valence-electron chi connectivity index (χ2n) is 8.12. The first-order valence-corrected chi connectivity index (χ1v) is 10.8. The van der Waals surface area contributed by atoms with E-state index < -0.39 is 24.7 Å². The zero-order chi connectivity index (χ0) is 25.9. The number of hydrogen-bond acceptors (Lipinski definition) is 5. The molecule has 0 radical (unpaired) electrons. The number of ether oxygens (including phenoxy) is 2. The second-order valence-corrected chi connectivity index (χ2v) is 8.12. The average molecular weight is 492 g/mol. The Morgan fingerprint density at radius 1 is 1.14 bits per heavy atom. The molecule has 3 amide bonds. The standard InChI is InChI=1S/C24H27F3N4O4/c1-14-10-17-11-19(34-4)20(35-5)12-18(17)21(29-31(14)23(33)28-2)15-6-8-16(9-7-15)22(32)30(3)13-24(25,26)27/h6-9,11-12,14H,10,13H2,1-5H3,(H,28,33)/t14-/m1/s1. The molecule has 0 saturated carbocycles. The van der Waals surface area contributed by atoms with Crippen molar-refractivity contribution >= 4 is 17.6 Å². The summed E-state index contributed by atoms with van der Waals surface area (Å²) in [5.74, 6) is 0.240. The minimum Gasteiger partial charge on any atom is -0.493 e. The number of alkyl halides is 3. The highest BCUT2D eigenvalue weighted by Crippen LogP contribution is 2.34. The average Bonchev–Trinajstić information content (AvgIpc) is 2.96. The molecule has 8 nitrogen and oxygen atoms in total. The molecule has 0 unspecified atom stereocenters. The lowest BCUT2D eigenvalue weighted by Gasteiger charge is -2.22. The molecule has 11 heteroatoms. The van der Waals surface area contributed by atoms with Crippen LogP contribution < -0.4 is 14.8 Å². The Morgan fingerprint density at radius 2 is 1.74 bits per heavy atom. The van der Waals surface area contributed by atoms with E-state index in [1.807, 2.05) is 13.0 Å². The lowest BCUT2D eigenvalue weighted by atomic mass is 9.93. The number of benzene rings is 2. The monoisotopic (exact) mass is 492 g/mol. The molecule has 2 aromatic carbocycles. The van der Waals surface area contributed by atoms with Crippen LogP contribution in [-0.2, 0) is 6.42 Å². The molecule has 0 saturated heterocycles. The van der Waals surface area contributed by atoms with E-state index in [-0.39, 0.29) is 11.6 Å². The first-order valence-electron chi connectivity index (χ1n) is 10.8. The third-order valence-corrected chi connectivity index (χ3v) is 5.60. The fraction of sp³-hybridized carbons (Fsp3) is 0.375. The van der Waals surface area contributed by atoms with Crippen LogP contribution in [0, 0.1) is 0 Å². The fourth-order valence-electron chi connectivity index (χ4n) is 3.88. The summed E-state index contributed by atoms with van der Waals surface area (Å²) in [4.78, 5) is 25.6. The number of nitrogens with zero attached hydrogens (tertiary/aromatic N) is 3. The van der Waals surface area contributed by atoms with Gasteiger partial charge >= 0.3 is 12.2 Å². The summed E-state index contributed by atoms with van der Waals surface area (Å²) in [5, 5.41) is 8.54. The molecule has 3 rings (SSSR count). The largest absolute Gasteiger partial charge is 0.493 e. The van der Waals surface area contributed by atoms with Crippen LogP contribution in [0.15, 0.2) is 41.5 Å². The Labute approximate surface area is 201 Å². The van der Waals surface area contributed by atoms with Crippen LogP contribution in [0.2, 0.25) is 0 Å². The van der Waals surface area contributed by atoms with Gasteiger partial charge in [0.05, 0.1) is 26.0 Å². The summed E-state index contributed by atoms with van der Waals surface area (Å²) in [6.45, 7) is 0.509. The van der Waals surface area contributed by atoms with Crippen molar-refractivity contribution in [1.82, 2.24) is 15.2 Å². The van der Waals surface area contributed by atoms with Crippen LogP contribution in [-0.4, -0.2) is 74.6 Å². The van der Waals surface area contributed by atoms with Crippen LogP contribution in [0.4, 0.5) is 18.0 Å². The van der Waals surface area contributed by atoms with Crippen molar-refractivity contribution in [3.63, 3.8) is 0 Å². The van der Waals surface area contributed by atoms with Gasteiger partial charge in [0, 0.05) is 30.8 Å². The van der Waals surface area contributed by atoms with Gasteiger partial charge in [-0.3, -0.25) is 4.79 Å². The first-order chi connectivity index (χ1) is 16.5. The Morgan fingerprint density at radius 3 is 2.29 bits per heavy atom. The number of urea groups is 1. The van der Waals surface area contributed by atoms with E-state index in [4.69, 9.17) is 9.47 Å². The molecule has 0 spiro atoms. The summed E-state index contributed by atoms with van der Waals surface area (Å²) >= 11 is 0. The van der Waals surface area contributed by atoms with Gasteiger partial charge in [0.15, 0.2) is 11.5 Å². The number of hydrazone groups is 1. The lowest BCUT2D eigenvalue weighted by Crippen LogP contribution is -2.41. The third kappa shape index (κ3) is 5.67. The van der Waals surface area contributed by atoms with Gasteiger partial charge in [0.1, 0.15) is 6.54 Å². The van der Waals surface area contributed by atoms with Crippen LogP contribution >= 0.6 is 0 Å². The maximum absolute atomic E-state index is 12.7. The predicted molar refractivity (Wildman–Crippen MR) is 124 cm³/mol. The van der Waals surface area contributed by atoms with E-state index >= 15 is 0 Å². The Balaban J connectivity index is 2.08. The van der Waals surface area contributed by atoms with Crippen molar-refractivity contribution in [3.8, 4) is 11.5 Å². The summed E-state index contributed by atoms with van der Waals surface area (Å²) < 4.78 is 48.9. The number of carbonyl (C=O) groups is 2.